The fraction of sp³-hybridized carbons (Fsp3) is 0.677. The standard InChI is InChI=1S/C31H45F3IN3O5/c1-2-3-4-5-6-7-8-9-10-11-12-13-14-15-27(40)26(21-39)36-28(41)18-19-29(42)43-22-23-16-17-24(20-25(23)35)30(37-38-30)31(32,33)34/h14-17,20,26-27,39-40H,2-13,18-19,21-22H2,1H3,(H,36,41)/b15-14+/t26-,27+/m0/s1/i35-2. The molecule has 0 aromatic heterocycles. The number of esters is 1. The first-order valence-corrected chi connectivity index (χ1v) is 16.3. The average Bonchev–Trinajstić information content (AvgIpc) is 3.79. The molecule has 1 aliphatic rings. The van der Waals surface area contributed by atoms with E-state index in [9.17, 15) is 33.0 Å². The van der Waals surface area contributed by atoms with Gasteiger partial charge in [-0.3, -0.25) is 9.59 Å². The quantitative estimate of drug-likeness (QED) is 0.0500. The van der Waals surface area contributed by atoms with Crippen LogP contribution >= 0.6 is 22.6 Å². The van der Waals surface area contributed by atoms with Crippen molar-refractivity contribution in [1.29, 1.82) is 0 Å². The van der Waals surface area contributed by atoms with Gasteiger partial charge in [0.2, 0.25) is 5.91 Å². The van der Waals surface area contributed by atoms with Crippen molar-refractivity contribution in [1.82, 2.24) is 5.32 Å². The van der Waals surface area contributed by atoms with E-state index in [1.807, 2.05) is 28.7 Å². The lowest BCUT2D eigenvalue weighted by atomic mass is 10.0. The van der Waals surface area contributed by atoms with E-state index in [4.69, 9.17) is 4.74 Å². The number of allylic oxidation sites excluding steroid dienone is 1. The van der Waals surface area contributed by atoms with Gasteiger partial charge in [-0.05, 0) is 41.5 Å². The fourth-order valence-corrected chi connectivity index (χ4v) is 5.25. The summed E-state index contributed by atoms with van der Waals surface area (Å²) in [6.45, 7) is 1.59. The third-order valence-corrected chi connectivity index (χ3v) is 8.36. The lowest BCUT2D eigenvalue weighted by molar-refractivity contribution is -0.166. The maximum absolute atomic E-state index is 13.2. The number of carbonyl (C=O) groups is 2. The second kappa shape index (κ2) is 19.4. The summed E-state index contributed by atoms with van der Waals surface area (Å²) in [7, 11) is 0. The number of amides is 1. The van der Waals surface area contributed by atoms with Crippen molar-refractivity contribution in [3.63, 3.8) is 0 Å². The van der Waals surface area contributed by atoms with Gasteiger partial charge in [-0.1, -0.05) is 95.4 Å². The zero-order valence-electron chi connectivity index (χ0n) is 24.9. The molecule has 242 valence electrons. The molecule has 0 aliphatic carbocycles. The van der Waals surface area contributed by atoms with Gasteiger partial charge in [0.25, 0.3) is 0 Å². The predicted octanol–water partition coefficient (Wildman–Crippen LogP) is 7.39. The lowest BCUT2D eigenvalue weighted by Crippen LogP contribution is -2.45. The second-order valence-corrected chi connectivity index (χ2v) is 12.1. The molecule has 0 unspecified atom stereocenters. The molecule has 43 heavy (non-hydrogen) atoms. The van der Waals surface area contributed by atoms with Crippen LogP contribution in [0.4, 0.5) is 13.2 Å². The molecule has 2 atom stereocenters. The van der Waals surface area contributed by atoms with Crippen LogP contribution in [0.2, 0.25) is 0 Å². The van der Waals surface area contributed by atoms with Crippen molar-refractivity contribution in [3.05, 3.63) is 45.0 Å². The molecular weight excluding hydrogens is 676 g/mol. The number of alkyl halides is 3. The molecule has 0 bridgehead atoms. The summed E-state index contributed by atoms with van der Waals surface area (Å²) < 4.78 is 45.3. The maximum Gasteiger partial charge on any atom is 0.442 e. The Morgan fingerprint density at radius 2 is 1.63 bits per heavy atom. The Bertz CT molecular complexity index is 1060. The molecule has 3 N–H and O–H groups in total. The Morgan fingerprint density at radius 1 is 1.02 bits per heavy atom. The van der Waals surface area contributed by atoms with Gasteiger partial charge in [0, 0.05) is 21.1 Å². The SMILES string of the molecule is CCCCCCCCCCCCC/C=C/[C@@H](O)[C@H](CO)NC(=O)CCC(=O)OCc1ccc(C2(C(F)(F)F)N=N2)cc1[125I]. The van der Waals surface area contributed by atoms with E-state index in [0.29, 0.717) is 9.13 Å². The van der Waals surface area contributed by atoms with Gasteiger partial charge in [-0.2, -0.15) is 13.2 Å². The van der Waals surface area contributed by atoms with E-state index >= 15 is 0 Å². The van der Waals surface area contributed by atoms with Crippen molar-refractivity contribution in [2.24, 2.45) is 10.2 Å². The van der Waals surface area contributed by atoms with Crippen molar-refractivity contribution < 1.29 is 37.7 Å². The molecule has 0 fully saturated rings. The topological polar surface area (TPSA) is 121 Å². The molecule has 1 amide bonds. The predicted molar refractivity (Wildman–Crippen MR) is 166 cm³/mol. The minimum atomic E-state index is -4.63. The van der Waals surface area contributed by atoms with Crippen LogP contribution in [0.3, 0.4) is 0 Å². The summed E-state index contributed by atoms with van der Waals surface area (Å²) in [6.07, 6.45) is 11.9. The number of halogens is 4. The first-order valence-electron chi connectivity index (χ1n) is 15.2. The highest BCUT2D eigenvalue weighted by atomic mass is 125. The molecule has 1 heterocycles. The highest BCUT2D eigenvalue weighted by molar-refractivity contribution is 14.1. The zero-order valence-corrected chi connectivity index (χ0v) is 27.0. The Balaban J connectivity index is 1.60. The van der Waals surface area contributed by atoms with Crippen LogP contribution in [0.1, 0.15) is 108 Å². The van der Waals surface area contributed by atoms with Gasteiger partial charge in [0.15, 0.2) is 0 Å². The number of ether oxygens (including phenoxy) is 1. The minimum absolute atomic E-state index is 0.110. The van der Waals surface area contributed by atoms with E-state index in [0.717, 1.165) is 19.3 Å². The number of aliphatic hydroxyl groups excluding tert-OH is 2. The summed E-state index contributed by atoms with van der Waals surface area (Å²) in [5, 5.41) is 28.8. The largest absolute Gasteiger partial charge is 0.461 e. The smallest absolute Gasteiger partial charge is 0.442 e. The summed E-state index contributed by atoms with van der Waals surface area (Å²) in [4.78, 5) is 24.4. The summed E-state index contributed by atoms with van der Waals surface area (Å²) >= 11 is 1.85. The van der Waals surface area contributed by atoms with E-state index in [1.54, 1.807) is 6.08 Å². The molecule has 8 nitrogen and oxygen atoms in total. The number of nitrogens with one attached hydrogen (secondary N) is 1. The number of hydrogen-bond donors (Lipinski definition) is 3. The van der Waals surface area contributed by atoms with Gasteiger partial charge < -0.3 is 20.3 Å². The summed E-state index contributed by atoms with van der Waals surface area (Å²) in [5.41, 5.74) is -2.12. The normalized spacial score (nSPS) is 15.4. The Labute approximate surface area is 266 Å². The van der Waals surface area contributed by atoms with Gasteiger partial charge in [0.05, 0.1) is 25.2 Å². The lowest BCUT2D eigenvalue weighted by Gasteiger charge is -2.19. The van der Waals surface area contributed by atoms with Crippen LogP contribution in [-0.4, -0.2) is 47.0 Å². The summed E-state index contributed by atoms with van der Waals surface area (Å²) in [6, 6.07) is 3.07. The van der Waals surface area contributed by atoms with Crippen LogP contribution in [0.15, 0.2) is 40.6 Å². The molecule has 0 radical (unpaired) electrons. The number of unbranched alkanes of at least 4 members (excludes halogenated alkanes) is 11. The van der Waals surface area contributed by atoms with E-state index in [1.165, 1.54) is 76.0 Å². The number of nitrogens with zero attached hydrogens (tertiary/aromatic N) is 2. The third-order valence-electron chi connectivity index (χ3n) is 7.36. The molecule has 1 aliphatic heterocycles. The van der Waals surface area contributed by atoms with E-state index in [2.05, 4.69) is 22.5 Å². The van der Waals surface area contributed by atoms with Crippen LogP contribution in [0.25, 0.3) is 0 Å². The molecule has 1 aromatic rings. The summed E-state index contributed by atoms with van der Waals surface area (Å²) in [5.74, 6) is -1.19. The molecule has 0 saturated carbocycles. The first-order chi connectivity index (χ1) is 20.5. The third kappa shape index (κ3) is 13.2. The maximum atomic E-state index is 13.2. The number of benzene rings is 1. The van der Waals surface area contributed by atoms with Gasteiger partial charge >= 0.3 is 17.8 Å². The van der Waals surface area contributed by atoms with E-state index in [-0.39, 0.29) is 25.0 Å². The second-order valence-electron chi connectivity index (χ2n) is 10.9. The van der Waals surface area contributed by atoms with Crippen LogP contribution in [0, 0.1) is 3.57 Å². The molecule has 0 spiro atoms. The zero-order chi connectivity index (χ0) is 31.7. The van der Waals surface area contributed by atoms with Gasteiger partial charge in [-0.15, -0.1) is 10.2 Å². The number of rotatable bonds is 22. The van der Waals surface area contributed by atoms with Crippen molar-refractivity contribution >= 4 is 34.5 Å². The van der Waals surface area contributed by atoms with E-state index < -0.39 is 42.5 Å². The van der Waals surface area contributed by atoms with Crippen LogP contribution < -0.4 is 5.32 Å². The number of hydrogen-bond acceptors (Lipinski definition) is 7. The average molecular weight is 722 g/mol. The number of aliphatic hydroxyl groups is 2. The van der Waals surface area contributed by atoms with Gasteiger partial charge in [0.1, 0.15) is 6.61 Å². The minimum Gasteiger partial charge on any atom is -0.461 e. The monoisotopic (exact) mass is 721 g/mol. The van der Waals surface area contributed by atoms with Crippen LogP contribution in [-0.2, 0) is 26.6 Å². The van der Waals surface area contributed by atoms with Crippen molar-refractivity contribution in [3.8, 4) is 0 Å². The Morgan fingerprint density at radius 3 is 2.16 bits per heavy atom. The molecule has 12 heteroatoms. The van der Waals surface area contributed by atoms with Crippen molar-refractivity contribution in [2.75, 3.05) is 6.61 Å². The van der Waals surface area contributed by atoms with Crippen molar-refractivity contribution in [2.45, 2.75) is 127 Å². The molecule has 0 saturated heterocycles. The van der Waals surface area contributed by atoms with Gasteiger partial charge in [-0.25, -0.2) is 0 Å². The van der Waals surface area contributed by atoms with Crippen LogP contribution in [0.5, 0.6) is 0 Å². The molecular formula is C31H45F3IN3O5. The highest BCUT2D eigenvalue weighted by Gasteiger charge is 2.65. The number of carbonyl (C=O) groups excluding carboxylic acids is 2. The molecule has 2 rings (SSSR count). The first kappa shape index (κ1) is 37.1. The highest BCUT2D eigenvalue weighted by Crippen LogP contribution is 2.52. The fourth-order valence-electron chi connectivity index (χ4n) is 4.58. The Kier molecular flexibility index (Phi) is 16.7. The Hall–Kier alpha value is -2.06. The molecule has 1 aromatic carbocycles.